The van der Waals surface area contributed by atoms with Crippen molar-refractivity contribution < 1.29 is 24.2 Å². The summed E-state index contributed by atoms with van der Waals surface area (Å²) in [7, 11) is 0. The van der Waals surface area contributed by atoms with E-state index >= 15 is 0 Å². The Bertz CT molecular complexity index is 363. The summed E-state index contributed by atoms with van der Waals surface area (Å²) < 4.78 is 10.4. The van der Waals surface area contributed by atoms with Gasteiger partial charge in [-0.05, 0) is 5.41 Å². The van der Waals surface area contributed by atoms with Gasteiger partial charge in [-0.2, -0.15) is 0 Å². The summed E-state index contributed by atoms with van der Waals surface area (Å²) in [6.07, 6.45) is -0.899. The van der Waals surface area contributed by atoms with Crippen LogP contribution in [-0.4, -0.2) is 42.3 Å². The number of rotatable bonds is 6. The van der Waals surface area contributed by atoms with Crippen LogP contribution in [0, 0.1) is 17.3 Å². The molecule has 1 N–H and O–H groups in total. The number of hydrogen-bond acceptors (Lipinski definition) is 5. The highest BCUT2D eigenvalue weighted by atomic mass is 16.6. The molecule has 4 unspecified atom stereocenters. The number of aliphatic hydroxyl groups excluding tert-OH is 1. The van der Waals surface area contributed by atoms with E-state index in [1.807, 2.05) is 27.7 Å². The fourth-order valence-electron chi connectivity index (χ4n) is 2.29. The molecule has 0 aromatic rings. The highest BCUT2D eigenvalue weighted by molar-refractivity contribution is 5.82. The van der Waals surface area contributed by atoms with Gasteiger partial charge < -0.3 is 14.6 Å². The van der Waals surface area contributed by atoms with Crippen LogP contribution in [0.2, 0.25) is 0 Å². The van der Waals surface area contributed by atoms with Crippen molar-refractivity contribution in [2.45, 2.75) is 53.2 Å². The largest absolute Gasteiger partial charge is 0.457 e. The zero-order valence-corrected chi connectivity index (χ0v) is 13.0. The number of carbonyl (C=O) groups is 2. The predicted octanol–water partition coefficient (Wildman–Crippen LogP) is 1.57. The lowest BCUT2D eigenvalue weighted by molar-refractivity contribution is -0.162. The molecule has 1 fully saturated rings. The van der Waals surface area contributed by atoms with E-state index in [9.17, 15) is 14.7 Å². The Labute approximate surface area is 120 Å². The Balaban J connectivity index is 2.69. The fourth-order valence-corrected chi connectivity index (χ4v) is 2.29. The highest BCUT2D eigenvalue weighted by Crippen LogP contribution is 2.37. The molecule has 0 bridgehead atoms. The highest BCUT2D eigenvalue weighted by Gasteiger charge is 2.41. The van der Waals surface area contributed by atoms with Crippen LogP contribution in [0.1, 0.15) is 41.0 Å². The smallest absolute Gasteiger partial charge is 0.309 e. The molecule has 0 radical (unpaired) electrons. The standard InChI is InChI=1S/C15H26O5/c1-6-11(16)9(2)15(4,5)10(3)14(18)20-13-8-19-7-12(13)17/h9-10,12-13,17H,6-8H2,1-5H3. The summed E-state index contributed by atoms with van der Waals surface area (Å²) in [5, 5.41) is 9.60. The zero-order valence-electron chi connectivity index (χ0n) is 13.0. The fraction of sp³-hybridized carbons (Fsp3) is 0.867. The van der Waals surface area contributed by atoms with Crippen molar-refractivity contribution in [3.63, 3.8) is 0 Å². The van der Waals surface area contributed by atoms with Crippen LogP contribution in [0.4, 0.5) is 0 Å². The minimum absolute atomic E-state index is 0.138. The number of carbonyl (C=O) groups excluding carboxylic acids is 2. The van der Waals surface area contributed by atoms with Crippen LogP contribution in [0.15, 0.2) is 0 Å². The van der Waals surface area contributed by atoms with Crippen molar-refractivity contribution in [2.75, 3.05) is 13.2 Å². The van der Waals surface area contributed by atoms with Crippen LogP contribution in [0.25, 0.3) is 0 Å². The molecule has 0 spiro atoms. The quantitative estimate of drug-likeness (QED) is 0.750. The summed E-state index contributed by atoms with van der Waals surface area (Å²) in [6, 6.07) is 0. The molecule has 0 aliphatic carbocycles. The van der Waals surface area contributed by atoms with E-state index in [2.05, 4.69) is 0 Å². The molecule has 1 aliphatic rings. The number of esters is 1. The summed E-state index contributed by atoms with van der Waals surface area (Å²) >= 11 is 0. The van der Waals surface area contributed by atoms with E-state index in [1.165, 1.54) is 0 Å². The maximum absolute atomic E-state index is 12.2. The maximum atomic E-state index is 12.2. The molecule has 20 heavy (non-hydrogen) atoms. The summed E-state index contributed by atoms with van der Waals surface area (Å²) in [5.41, 5.74) is -0.491. The van der Waals surface area contributed by atoms with Gasteiger partial charge in [0.15, 0.2) is 6.10 Å². The third kappa shape index (κ3) is 3.58. The lowest BCUT2D eigenvalue weighted by Gasteiger charge is -2.35. The van der Waals surface area contributed by atoms with Crippen molar-refractivity contribution >= 4 is 11.8 Å². The molecule has 5 heteroatoms. The summed E-state index contributed by atoms with van der Waals surface area (Å²) in [4.78, 5) is 24.1. The monoisotopic (exact) mass is 286 g/mol. The van der Waals surface area contributed by atoms with Gasteiger partial charge in [0.25, 0.3) is 0 Å². The Hall–Kier alpha value is -0.940. The second kappa shape index (κ2) is 6.68. The Morgan fingerprint density at radius 2 is 1.90 bits per heavy atom. The van der Waals surface area contributed by atoms with Gasteiger partial charge in [0.1, 0.15) is 11.9 Å². The summed E-state index contributed by atoms with van der Waals surface area (Å²) in [5.74, 6) is -0.903. The topological polar surface area (TPSA) is 72.8 Å². The first-order valence-electron chi connectivity index (χ1n) is 7.20. The van der Waals surface area contributed by atoms with Crippen LogP contribution in [0.3, 0.4) is 0 Å². The molecular weight excluding hydrogens is 260 g/mol. The first-order chi connectivity index (χ1) is 9.21. The normalized spacial score (nSPS) is 26.1. The molecule has 1 saturated heterocycles. The lowest BCUT2D eigenvalue weighted by atomic mass is 9.69. The molecular formula is C15H26O5. The second-order valence-electron chi connectivity index (χ2n) is 6.16. The van der Waals surface area contributed by atoms with Gasteiger partial charge in [-0.25, -0.2) is 0 Å². The van der Waals surface area contributed by atoms with Gasteiger partial charge in [-0.1, -0.05) is 34.6 Å². The molecule has 4 atom stereocenters. The lowest BCUT2D eigenvalue weighted by Crippen LogP contribution is -2.41. The zero-order chi connectivity index (χ0) is 15.5. The number of ether oxygens (including phenoxy) is 2. The van der Waals surface area contributed by atoms with Crippen LogP contribution in [0.5, 0.6) is 0 Å². The molecule has 1 heterocycles. The number of Topliss-reactive ketones (excluding diaryl/α,β-unsaturated/α-hetero) is 1. The molecule has 0 aromatic heterocycles. The molecule has 0 amide bonds. The van der Waals surface area contributed by atoms with E-state index in [1.54, 1.807) is 6.92 Å². The van der Waals surface area contributed by atoms with Crippen molar-refractivity contribution in [1.82, 2.24) is 0 Å². The summed E-state index contributed by atoms with van der Waals surface area (Å²) in [6.45, 7) is 9.67. The maximum Gasteiger partial charge on any atom is 0.309 e. The Kier molecular flexibility index (Phi) is 5.71. The van der Waals surface area contributed by atoms with E-state index in [0.29, 0.717) is 6.42 Å². The Morgan fingerprint density at radius 3 is 2.35 bits per heavy atom. The Morgan fingerprint density at radius 1 is 1.30 bits per heavy atom. The van der Waals surface area contributed by atoms with Gasteiger partial charge in [0, 0.05) is 12.3 Å². The molecule has 0 aromatic carbocycles. The van der Waals surface area contributed by atoms with Crippen LogP contribution >= 0.6 is 0 Å². The second-order valence-corrected chi connectivity index (χ2v) is 6.16. The van der Waals surface area contributed by atoms with E-state index in [0.717, 1.165) is 0 Å². The van der Waals surface area contributed by atoms with Gasteiger partial charge in [0.2, 0.25) is 0 Å². The van der Waals surface area contributed by atoms with E-state index in [-0.39, 0.29) is 30.9 Å². The number of hydrogen-bond donors (Lipinski definition) is 1. The third-order valence-electron chi connectivity index (χ3n) is 4.68. The van der Waals surface area contributed by atoms with Crippen molar-refractivity contribution in [2.24, 2.45) is 17.3 Å². The predicted molar refractivity (Wildman–Crippen MR) is 74.1 cm³/mol. The molecule has 1 rings (SSSR count). The average molecular weight is 286 g/mol. The minimum Gasteiger partial charge on any atom is -0.457 e. The molecule has 5 nitrogen and oxygen atoms in total. The van der Waals surface area contributed by atoms with Gasteiger partial charge in [-0.15, -0.1) is 0 Å². The van der Waals surface area contributed by atoms with E-state index in [4.69, 9.17) is 9.47 Å². The van der Waals surface area contributed by atoms with Crippen molar-refractivity contribution in [3.8, 4) is 0 Å². The van der Waals surface area contributed by atoms with Crippen molar-refractivity contribution in [3.05, 3.63) is 0 Å². The van der Waals surface area contributed by atoms with Crippen LogP contribution in [-0.2, 0) is 19.1 Å². The number of aliphatic hydroxyl groups is 1. The molecule has 116 valence electrons. The van der Waals surface area contributed by atoms with Crippen LogP contribution < -0.4 is 0 Å². The molecule has 0 saturated carbocycles. The number of ketones is 1. The third-order valence-corrected chi connectivity index (χ3v) is 4.68. The van der Waals surface area contributed by atoms with Crippen molar-refractivity contribution in [1.29, 1.82) is 0 Å². The SMILES string of the molecule is CCC(=O)C(C)C(C)(C)C(C)C(=O)OC1COCC1O. The first kappa shape index (κ1) is 17.1. The average Bonchev–Trinajstić information content (AvgIpc) is 2.81. The van der Waals surface area contributed by atoms with Gasteiger partial charge in [-0.3, -0.25) is 9.59 Å². The first-order valence-corrected chi connectivity index (χ1v) is 7.20. The van der Waals surface area contributed by atoms with Gasteiger partial charge >= 0.3 is 5.97 Å². The minimum atomic E-state index is -0.760. The van der Waals surface area contributed by atoms with Gasteiger partial charge in [0.05, 0.1) is 19.1 Å². The van der Waals surface area contributed by atoms with E-state index < -0.39 is 23.5 Å². The molecule has 1 aliphatic heterocycles.